The zero-order chi connectivity index (χ0) is 25.3. The van der Waals surface area contributed by atoms with Crippen LogP contribution in [-0.4, -0.2) is 58.5 Å². The fourth-order valence-corrected chi connectivity index (χ4v) is 5.42. The number of amides is 1. The lowest BCUT2D eigenvalue weighted by molar-refractivity contribution is -0.120. The highest BCUT2D eigenvalue weighted by Gasteiger charge is 2.23. The number of rotatable bonds is 13. The van der Waals surface area contributed by atoms with Crippen LogP contribution < -0.4 is 20.3 Å². The van der Waals surface area contributed by atoms with Crippen molar-refractivity contribution in [2.24, 2.45) is 0 Å². The summed E-state index contributed by atoms with van der Waals surface area (Å²) >= 11 is 0. The van der Waals surface area contributed by atoms with Crippen LogP contribution in [0.4, 0.5) is 11.4 Å². The highest BCUT2D eigenvalue weighted by Crippen LogP contribution is 2.30. The molecule has 2 aromatic carbocycles. The molecule has 0 bridgehead atoms. The summed E-state index contributed by atoms with van der Waals surface area (Å²) in [6.45, 7) is 11.9. The van der Waals surface area contributed by atoms with Crippen molar-refractivity contribution in [3.63, 3.8) is 0 Å². The van der Waals surface area contributed by atoms with Crippen LogP contribution in [0.5, 0.6) is 5.75 Å². The molecule has 34 heavy (non-hydrogen) atoms. The predicted octanol–water partition coefficient (Wildman–Crippen LogP) is 3.86. The van der Waals surface area contributed by atoms with Crippen LogP contribution in [0.25, 0.3) is 0 Å². The van der Waals surface area contributed by atoms with E-state index < -0.39 is 10.0 Å². The molecule has 9 heteroatoms. The molecule has 2 rings (SSSR count). The molecule has 0 fully saturated rings. The van der Waals surface area contributed by atoms with Gasteiger partial charge in [-0.1, -0.05) is 32.0 Å². The van der Waals surface area contributed by atoms with Gasteiger partial charge in [0.05, 0.1) is 36.0 Å². The second-order valence-corrected chi connectivity index (χ2v) is 9.76. The van der Waals surface area contributed by atoms with Crippen molar-refractivity contribution in [1.29, 1.82) is 0 Å². The maximum atomic E-state index is 13.1. The van der Waals surface area contributed by atoms with Gasteiger partial charge >= 0.3 is 0 Å². The average molecular weight is 491 g/mol. The van der Waals surface area contributed by atoms with Crippen LogP contribution in [0, 0.1) is 0 Å². The zero-order valence-electron chi connectivity index (χ0n) is 21.1. The Bertz CT molecular complexity index is 1050. The van der Waals surface area contributed by atoms with E-state index in [9.17, 15) is 13.2 Å². The van der Waals surface area contributed by atoms with E-state index in [2.05, 4.69) is 15.5 Å². The molecule has 1 amide bonds. The van der Waals surface area contributed by atoms with Gasteiger partial charge in [-0.05, 0) is 45.0 Å². The number of para-hydroxylation sites is 1. The van der Waals surface area contributed by atoms with Crippen molar-refractivity contribution in [3.8, 4) is 5.75 Å². The predicted molar refractivity (Wildman–Crippen MR) is 138 cm³/mol. The fourth-order valence-electron chi connectivity index (χ4n) is 3.94. The molecule has 2 N–H and O–H groups in total. The van der Waals surface area contributed by atoms with E-state index in [0.717, 1.165) is 24.3 Å². The summed E-state index contributed by atoms with van der Waals surface area (Å²) in [7, 11) is -2.02. The second-order valence-electron chi connectivity index (χ2n) is 7.83. The largest absolute Gasteiger partial charge is 0.496 e. The minimum absolute atomic E-state index is 0.00251. The number of anilines is 2. The van der Waals surface area contributed by atoms with Crippen LogP contribution in [0.1, 0.15) is 46.2 Å². The first-order valence-corrected chi connectivity index (χ1v) is 13.2. The molecule has 0 aliphatic carbocycles. The maximum Gasteiger partial charge on any atom is 0.243 e. The zero-order valence-corrected chi connectivity index (χ0v) is 21.9. The number of sulfonamides is 1. The van der Waals surface area contributed by atoms with Gasteiger partial charge in [0.15, 0.2) is 0 Å². The van der Waals surface area contributed by atoms with E-state index in [0.29, 0.717) is 24.5 Å². The monoisotopic (exact) mass is 490 g/mol. The second kappa shape index (κ2) is 12.6. The first-order chi connectivity index (χ1) is 16.2. The molecular weight excluding hydrogens is 452 g/mol. The van der Waals surface area contributed by atoms with Gasteiger partial charge in [-0.3, -0.25) is 4.79 Å². The normalized spacial score (nSPS) is 12.3. The Labute approximate surface area is 204 Å². The van der Waals surface area contributed by atoms with Crippen LogP contribution in [-0.2, 0) is 14.8 Å². The van der Waals surface area contributed by atoms with Crippen molar-refractivity contribution in [3.05, 3.63) is 48.0 Å². The van der Waals surface area contributed by atoms with E-state index in [1.165, 1.54) is 4.31 Å². The Morgan fingerprint density at radius 2 is 1.65 bits per heavy atom. The molecule has 2 aromatic rings. The van der Waals surface area contributed by atoms with Crippen molar-refractivity contribution in [1.82, 2.24) is 9.62 Å². The SMILES string of the molecule is CCN(CC)c1ccc(S(=O)(=O)N(CC)CC)cc1NCC(=O)NC(C)c1ccccc1OC. The van der Waals surface area contributed by atoms with Gasteiger partial charge in [0.1, 0.15) is 5.75 Å². The number of carbonyl (C=O) groups excluding carboxylic acids is 1. The lowest BCUT2D eigenvalue weighted by Crippen LogP contribution is -2.33. The molecule has 0 aliphatic rings. The van der Waals surface area contributed by atoms with Crippen LogP contribution >= 0.6 is 0 Å². The van der Waals surface area contributed by atoms with Gasteiger partial charge in [-0.15, -0.1) is 0 Å². The summed E-state index contributed by atoms with van der Waals surface area (Å²) < 4.78 is 32.9. The molecule has 8 nitrogen and oxygen atoms in total. The summed E-state index contributed by atoms with van der Waals surface area (Å²) in [5, 5.41) is 6.14. The lowest BCUT2D eigenvalue weighted by atomic mass is 10.1. The molecule has 0 heterocycles. The fraction of sp³-hybridized carbons (Fsp3) is 0.480. The van der Waals surface area contributed by atoms with Gasteiger partial charge in [0.25, 0.3) is 0 Å². The lowest BCUT2D eigenvalue weighted by Gasteiger charge is -2.26. The number of carbonyl (C=O) groups is 1. The minimum Gasteiger partial charge on any atom is -0.496 e. The number of hydrogen-bond donors (Lipinski definition) is 2. The third kappa shape index (κ3) is 6.42. The minimum atomic E-state index is -3.62. The Kier molecular flexibility index (Phi) is 10.2. The average Bonchev–Trinajstić information content (AvgIpc) is 2.84. The summed E-state index contributed by atoms with van der Waals surface area (Å²) in [5.41, 5.74) is 2.35. The van der Waals surface area contributed by atoms with E-state index in [4.69, 9.17) is 4.74 Å². The molecule has 0 saturated heterocycles. The van der Waals surface area contributed by atoms with Crippen molar-refractivity contribution < 1.29 is 17.9 Å². The maximum absolute atomic E-state index is 13.1. The summed E-state index contributed by atoms with van der Waals surface area (Å²) in [6.07, 6.45) is 0. The third-order valence-electron chi connectivity index (χ3n) is 5.84. The molecule has 0 radical (unpaired) electrons. The first kappa shape index (κ1) is 27.5. The number of benzene rings is 2. The van der Waals surface area contributed by atoms with Gasteiger partial charge < -0.3 is 20.3 Å². The number of nitrogens with one attached hydrogen (secondary N) is 2. The van der Waals surface area contributed by atoms with Gasteiger partial charge in [0.2, 0.25) is 15.9 Å². The number of hydrogen-bond acceptors (Lipinski definition) is 6. The molecule has 1 atom stereocenters. The molecule has 188 valence electrons. The van der Waals surface area contributed by atoms with Gasteiger partial charge in [-0.2, -0.15) is 4.31 Å². The Morgan fingerprint density at radius 3 is 2.24 bits per heavy atom. The molecule has 1 unspecified atom stereocenters. The summed E-state index contributed by atoms with van der Waals surface area (Å²) in [6, 6.07) is 12.4. The van der Waals surface area contributed by atoms with Crippen molar-refractivity contribution >= 4 is 27.3 Å². The number of ether oxygens (including phenoxy) is 1. The number of nitrogens with zero attached hydrogens (tertiary/aromatic N) is 2. The standard InChI is InChI=1S/C25H38N4O4S/c1-7-28(8-2)23-16-15-20(34(31,32)29(9-3)10-4)17-22(23)26-18-25(30)27-19(5)21-13-11-12-14-24(21)33-6/h11-17,19,26H,7-10,18H2,1-6H3,(H,27,30). The van der Waals surface area contributed by atoms with Gasteiger partial charge in [-0.25, -0.2) is 8.42 Å². The van der Waals surface area contributed by atoms with Crippen LogP contribution in [0.15, 0.2) is 47.4 Å². The van der Waals surface area contributed by atoms with E-state index >= 15 is 0 Å². The highest BCUT2D eigenvalue weighted by molar-refractivity contribution is 7.89. The topological polar surface area (TPSA) is 91.0 Å². The Hall–Kier alpha value is -2.78. The molecule has 0 aliphatic heterocycles. The quantitative estimate of drug-likeness (QED) is 0.443. The van der Waals surface area contributed by atoms with E-state index in [1.807, 2.05) is 58.9 Å². The summed E-state index contributed by atoms with van der Waals surface area (Å²) in [4.78, 5) is 15.1. The van der Waals surface area contributed by atoms with Crippen LogP contribution in [0.2, 0.25) is 0 Å². The molecule has 0 saturated carbocycles. The van der Waals surface area contributed by atoms with E-state index in [-0.39, 0.29) is 23.4 Å². The molecule has 0 spiro atoms. The van der Waals surface area contributed by atoms with Crippen molar-refractivity contribution in [2.75, 3.05) is 50.1 Å². The highest BCUT2D eigenvalue weighted by atomic mass is 32.2. The summed E-state index contributed by atoms with van der Waals surface area (Å²) in [5.74, 6) is 0.502. The third-order valence-corrected chi connectivity index (χ3v) is 7.88. The smallest absolute Gasteiger partial charge is 0.243 e. The Balaban J connectivity index is 2.27. The molecule has 0 aromatic heterocycles. The van der Waals surface area contributed by atoms with Crippen molar-refractivity contribution in [2.45, 2.75) is 45.6 Å². The van der Waals surface area contributed by atoms with E-state index in [1.54, 1.807) is 25.3 Å². The van der Waals surface area contributed by atoms with Gasteiger partial charge in [0, 0.05) is 31.7 Å². The van der Waals surface area contributed by atoms with Crippen LogP contribution in [0.3, 0.4) is 0 Å². The molecular formula is C25H38N4O4S. The Morgan fingerprint density at radius 1 is 1.00 bits per heavy atom. The first-order valence-electron chi connectivity index (χ1n) is 11.8. The number of methoxy groups -OCH3 is 1.